The summed E-state index contributed by atoms with van der Waals surface area (Å²) < 4.78 is 40.5. The molecule has 0 radical (unpaired) electrons. The van der Waals surface area contributed by atoms with Crippen molar-refractivity contribution in [1.29, 1.82) is 0 Å². The second-order valence-electron chi connectivity index (χ2n) is 7.82. The van der Waals surface area contributed by atoms with E-state index in [1.165, 1.54) is 42.4 Å². The normalized spacial score (nSPS) is 12.8. The number of hydrazone groups is 1. The molecule has 0 atom stereocenters. The summed E-state index contributed by atoms with van der Waals surface area (Å²) in [5.74, 6) is -0.102. The Hall–Kier alpha value is -4.32. The van der Waals surface area contributed by atoms with E-state index in [2.05, 4.69) is 30.2 Å². The number of ether oxygens (including phenoxy) is 1. The minimum absolute atomic E-state index is 0.226. The average molecular weight is 542 g/mol. The molecule has 3 rings (SSSR count). The second-order valence-corrected chi connectivity index (χ2v) is 8.62. The molecule has 0 amide bonds. The molecule has 198 valence electrons. The molecule has 0 aliphatic rings. The maximum absolute atomic E-state index is 12.2. The number of nitrogens with one attached hydrogen (secondary N) is 1. The number of thioether (sulfide) groups is 1. The van der Waals surface area contributed by atoms with Crippen LogP contribution in [0.15, 0.2) is 92.9 Å². The molecule has 3 N–H and O–H groups in total. The van der Waals surface area contributed by atoms with Crippen molar-refractivity contribution in [1.82, 2.24) is 5.43 Å². The van der Waals surface area contributed by atoms with Gasteiger partial charge in [-0.3, -0.25) is 5.43 Å². The fourth-order valence-electron chi connectivity index (χ4n) is 2.93. The van der Waals surface area contributed by atoms with E-state index in [4.69, 9.17) is 5.73 Å². The molecule has 0 unspecified atom stereocenters. The van der Waals surface area contributed by atoms with Gasteiger partial charge in [-0.25, -0.2) is 15.0 Å². The van der Waals surface area contributed by atoms with E-state index in [0.29, 0.717) is 16.4 Å². The summed E-state index contributed by atoms with van der Waals surface area (Å²) in [6, 6.07) is 20.2. The van der Waals surface area contributed by atoms with Crippen LogP contribution in [0.2, 0.25) is 0 Å². The molecule has 0 aliphatic carbocycles. The Labute approximate surface area is 222 Å². The smallest absolute Gasteiger partial charge is 0.406 e. The first-order valence-corrected chi connectivity index (χ1v) is 12.4. The molecule has 3 aromatic rings. The van der Waals surface area contributed by atoms with E-state index >= 15 is 0 Å². The van der Waals surface area contributed by atoms with Gasteiger partial charge in [0.2, 0.25) is 0 Å². The third-order valence-corrected chi connectivity index (χ3v) is 5.41. The SMILES string of the molecule is CSC(=Nc1ccc(N(C)C)cc1)N/N=C\c1ccc(C(N)=NC=Nc2ccc(OC(F)(F)F)cc2)cc1. The van der Waals surface area contributed by atoms with Gasteiger partial charge in [0, 0.05) is 25.3 Å². The third-order valence-electron chi connectivity index (χ3n) is 4.84. The number of hydrogen-bond acceptors (Lipinski definition) is 6. The summed E-state index contributed by atoms with van der Waals surface area (Å²) in [4.78, 5) is 14.7. The number of benzene rings is 3. The van der Waals surface area contributed by atoms with Crippen LogP contribution in [0.4, 0.5) is 30.2 Å². The lowest BCUT2D eigenvalue weighted by Crippen LogP contribution is -2.16. The molecule has 0 saturated carbocycles. The van der Waals surface area contributed by atoms with Gasteiger partial charge < -0.3 is 15.4 Å². The van der Waals surface area contributed by atoms with Crippen LogP contribution in [0.25, 0.3) is 0 Å². The van der Waals surface area contributed by atoms with Gasteiger partial charge in [0.1, 0.15) is 17.9 Å². The van der Waals surface area contributed by atoms with Crippen LogP contribution in [0.5, 0.6) is 5.75 Å². The van der Waals surface area contributed by atoms with E-state index in [-0.39, 0.29) is 11.6 Å². The van der Waals surface area contributed by atoms with Crippen molar-refractivity contribution < 1.29 is 17.9 Å². The largest absolute Gasteiger partial charge is 0.573 e. The molecule has 0 bridgehead atoms. The number of halogens is 3. The van der Waals surface area contributed by atoms with E-state index < -0.39 is 6.36 Å². The molecule has 0 saturated heterocycles. The number of aliphatic imine (C=N–C) groups is 3. The Bertz CT molecular complexity index is 1300. The minimum Gasteiger partial charge on any atom is -0.406 e. The molecule has 8 nitrogen and oxygen atoms in total. The molecule has 0 aliphatic heterocycles. The van der Waals surface area contributed by atoms with E-state index in [1.807, 2.05) is 61.6 Å². The van der Waals surface area contributed by atoms with Gasteiger partial charge in [0.25, 0.3) is 0 Å². The highest BCUT2D eigenvalue weighted by atomic mass is 32.2. The molecular formula is C26H26F3N7OS. The van der Waals surface area contributed by atoms with Gasteiger partial charge in [-0.15, -0.1) is 13.2 Å². The fraction of sp³-hybridized carbons (Fsp3) is 0.154. The quantitative estimate of drug-likeness (QED) is 0.217. The van der Waals surface area contributed by atoms with Gasteiger partial charge in [0.05, 0.1) is 17.6 Å². The van der Waals surface area contributed by atoms with E-state index in [1.54, 1.807) is 18.3 Å². The zero-order chi connectivity index (χ0) is 27.5. The Morgan fingerprint density at radius 3 is 2.16 bits per heavy atom. The fourth-order valence-corrected chi connectivity index (χ4v) is 3.27. The molecule has 3 aromatic carbocycles. The minimum atomic E-state index is -4.74. The monoisotopic (exact) mass is 541 g/mol. The third kappa shape index (κ3) is 9.28. The first-order valence-electron chi connectivity index (χ1n) is 11.1. The van der Waals surface area contributed by atoms with Crippen LogP contribution in [0.1, 0.15) is 11.1 Å². The van der Waals surface area contributed by atoms with Crippen LogP contribution in [0, 0.1) is 0 Å². The van der Waals surface area contributed by atoms with Crippen LogP contribution >= 0.6 is 11.8 Å². The zero-order valence-corrected chi connectivity index (χ0v) is 21.7. The van der Waals surface area contributed by atoms with Gasteiger partial charge in [-0.1, -0.05) is 36.0 Å². The van der Waals surface area contributed by atoms with Crippen molar-refractivity contribution >= 4 is 52.4 Å². The standard InChI is InChI=1S/C26H26F3N7OS/c1-36(2)22-12-8-21(9-13-22)34-25(38-3)35-33-16-18-4-6-19(7-5-18)24(30)32-17-31-20-10-14-23(15-11-20)37-26(27,28)29/h4-17H,1-3H3,(H,34,35)(H2,30,31,32)/b33-16-. The second kappa shape index (κ2) is 13.3. The van der Waals surface area contributed by atoms with Crippen molar-refractivity contribution in [3.8, 4) is 5.75 Å². The maximum atomic E-state index is 12.2. The number of nitrogens with zero attached hydrogens (tertiary/aromatic N) is 5. The Morgan fingerprint density at radius 1 is 0.947 bits per heavy atom. The molecular weight excluding hydrogens is 515 g/mol. The molecule has 38 heavy (non-hydrogen) atoms. The summed E-state index contributed by atoms with van der Waals surface area (Å²) in [5, 5.41) is 4.90. The molecule has 0 heterocycles. The molecule has 0 aromatic heterocycles. The van der Waals surface area contributed by atoms with Crippen LogP contribution in [-0.2, 0) is 0 Å². The van der Waals surface area contributed by atoms with Crippen molar-refractivity contribution in [2.45, 2.75) is 6.36 Å². The summed E-state index contributed by atoms with van der Waals surface area (Å²) >= 11 is 1.44. The van der Waals surface area contributed by atoms with Crippen molar-refractivity contribution in [3.05, 3.63) is 83.9 Å². The summed E-state index contributed by atoms with van der Waals surface area (Å²) in [7, 11) is 3.96. The number of rotatable bonds is 8. The molecule has 0 spiro atoms. The van der Waals surface area contributed by atoms with Gasteiger partial charge in [0.15, 0.2) is 5.17 Å². The highest BCUT2D eigenvalue weighted by Crippen LogP contribution is 2.24. The van der Waals surface area contributed by atoms with E-state index in [9.17, 15) is 13.2 Å². The molecule has 0 fully saturated rings. The highest BCUT2D eigenvalue weighted by molar-refractivity contribution is 8.13. The summed E-state index contributed by atoms with van der Waals surface area (Å²) in [5.41, 5.74) is 12.8. The van der Waals surface area contributed by atoms with Crippen molar-refractivity contribution in [2.75, 3.05) is 25.3 Å². The topological polar surface area (TPSA) is 100.0 Å². The van der Waals surface area contributed by atoms with Crippen LogP contribution < -0.4 is 20.8 Å². The van der Waals surface area contributed by atoms with Crippen molar-refractivity contribution in [3.63, 3.8) is 0 Å². The van der Waals surface area contributed by atoms with Crippen LogP contribution in [-0.4, -0.2) is 50.3 Å². The van der Waals surface area contributed by atoms with Gasteiger partial charge in [-0.05, 0) is 60.4 Å². The first kappa shape index (κ1) is 28.3. The van der Waals surface area contributed by atoms with Gasteiger partial charge in [-0.2, -0.15) is 5.10 Å². The maximum Gasteiger partial charge on any atom is 0.573 e. The number of alkyl halides is 3. The predicted octanol–water partition coefficient (Wildman–Crippen LogP) is 5.69. The molecule has 12 heteroatoms. The number of hydrogen-bond donors (Lipinski definition) is 2. The lowest BCUT2D eigenvalue weighted by atomic mass is 10.1. The van der Waals surface area contributed by atoms with Gasteiger partial charge >= 0.3 is 6.36 Å². The summed E-state index contributed by atoms with van der Waals surface area (Å²) in [6.07, 6.45) is 0.0524. The average Bonchev–Trinajstić information content (AvgIpc) is 2.89. The lowest BCUT2D eigenvalue weighted by molar-refractivity contribution is -0.274. The Balaban J connectivity index is 1.56. The number of anilines is 1. The Morgan fingerprint density at radius 2 is 1.58 bits per heavy atom. The van der Waals surface area contributed by atoms with Crippen molar-refractivity contribution in [2.24, 2.45) is 25.8 Å². The predicted molar refractivity (Wildman–Crippen MR) is 151 cm³/mol. The lowest BCUT2D eigenvalue weighted by Gasteiger charge is -2.11. The first-order chi connectivity index (χ1) is 18.1. The highest BCUT2D eigenvalue weighted by Gasteiger charge is 2.30. The summed E-state index contributed by atoms with van der Waals surface area (Å²) in [6.45, 7) is 0. The Kier molecular flexibility index (Phi) is 9.88. The van der Waals surface area contributed by atoms with Crippen LogP contribution in [0.3, 0.4) is 0 Å². The number of amidine groups is 2. The van der Waals surface area contributed by atoms with E-state index in [0.717, 1.165) is 16.9 Å². The number of nitrogens with two attached hydrogens (primary N) is 1. The zero-order valence-electron chi connectivity index (χ0n) is 20.8.